The molecular formula is C14H16F3N5O. The first kappa shape index (κ1) is 15.7. The lowest BCUT2D eigenvalue weighted by Crippen LogP contribution is -2.44. The molecule has 1 aliphatic rings. The second-order valence-corrected chi connectivity index (χ2v) is 5.73. The Morgan fingerprint density at radius 1 is 1.39 bits per heavy atom. The van der Waals surface area contributed by atoms with Crippen LogP contribution in [0.2, 0.25) is 0 Å². The van der Waals surface area contributed by atoms with Crippen molar-refractivity contribution in [2.45, 2.75) is 37.9 Å². The lowest BCUT2D eigenvalue weighted by Gasteiger charge is -2.29. The molecule has 1 amide bonds. The summed E-state index contributed by atoms with van der Waals surface area (Å²) in [5, 5.41) is 7.65. The van der Waals surface area contributed by atoms with E-state index in [1.54, 1.807) is 7.05 Å². The zero-order valence-electron chi connectivity index (χ0n) is 12.5. The largest absolute Gasteiger partial charge is 0.406 e. The number of hydrogen-bond acceptors (Lipinski definition) is 4. The van der Waals surface area contributed by atoms with Crippen LogP contribution in [0.3, 0.4) is 0 Å². The fourth-order valence-electron chi connectivity index (χ4n) is 3.04. The van der Waals surface area contributed by atoms with Gasteiger partial charge in [-0.05, 0) is 18.9 Å². The molecular weight excluding hydrogens is 311 g/mol. The minimum Gasteiger partial charge on any atom is -0.326 e. The molecule has 0 atom stereocenters. The molecule has 6 nitrogen and oxygen atoms in total. The van der Waals surface area contributed by atoms with E-state index in [1.807, 2.05) is 0 Å². The van der Waals surface area contributed by atoms with Crippen LogP contribution in [-0.2, 0) is 7.05 Å². The van der Waals surface area contributed by atoms with Gasteiger partial charge in [-0.1, -0.05) is 18.1 Å². The predicted octanol–water partition coefficient (Wildman–Crippen LogP) is 2.31. The van der Waals surface area contributed by atoms with Crippen molar-refractivity contribution in [2.24, 2.45) is 7.05 Å². The lowest BCUT2D eigenvalue weighted by molar-refractivity contribution is -0.144. The van der Waals surface area contributed by atoms with E-state index in [2.05, 4.69) is 15.3 Å². The monoisotopic (exact) mass is 327 g/mol. The van der Waals surface area contributed by atoms with E-state index in [-0.39, 0.29) is 17.1 Å². The maximum absolute atomic E-state index is 12.9. The summed E-state index contributed by atoms with van der Waals surface area (Å²) >= 11 is 0. The summed E-state index contributed by atoms with van der Waals surface area (Å²) in [6.07, 6.45) is -0.189. The van der Waals surface area contributed by atoms with Crippen molar-refractivity contribution in [3.63, 3.8) is 0 Å². The number of halogens is 3. The van der Waals surface area contributed by atoms with Gasteiger partial charge in [-0.15, -0.1) is 5.10 Å². The summed E-state index contributed by atoms with van der Waals surface area (Å²) in [5.41, 5.74) is 0.707. The number of fused-ring (bicyclic) bond motifs is 1. The van der Waals surface area contributed by atoms with Crippen molar-refractivity contribution in [1.82, 2.24) is 24.9 Å². The number of rotatable bonds is 3. The maximum Gasteiger partial charge on any atom is 0.406 e. The van der Waals surface area contributed by atoms with Gasteiger partial charge >= 0.3 is 6.18 Å². The highest BCUT2D eigenvalue weighted by Gasteiger charge is 2.38. The van der Waals surface area contributed by atoms with Crippen molar-refractivity contribution < 1.29 is 18.0 Å². The number of carbonyl (C=O) groups excluding carboxylic acids is 1. The topological polar surface area (TPSA) is 63.9 Å². The van der Waals surface area contributed by atoms with E-state index in [4.69, 9.17) is 0 Å². The molecule has 2 aromatic heterocycles. The van der Waals surface area contributed by atoms with E-state index in [0.717, 1.165) is 17.7 Å². The van der Waals surface area contributed by atoms with Gasteiger partial charge in [0.25, 0.3) is 5.91 Å². The number of aryl methyl sites for hydroxylation is 1. The van der Waals surface area contributed by atoms with Gasteiger partial charge in [-0.2, -0.15) is 13.2 Å². The van der Waals surface area contributed by atoms with Crippen LogP contribution in [0.4, 0.5) is 13.2 Å². The summed E-state index contributed by atoms with van der Waals surface area (Å²) in [5.74, 6) is -0.665. The molecule has 124 valence electrons. The Labute approximate surface area is 130 Å². The van der Waals surface area contributed by atoms with Crippen LogP contribution in [0, 0.1) is 0 Å². The van der Waals surface area contributed by atoms with Gasteiger partial charge in [-0.3, -0.25) is 4.79 Å². The first-order valence-electron chi connectivity index (χ1n) is 7.39. The Morgan fingerprint density at radius 3 is 2.74 bits per heavy atom. The normalized spacial score (nSPS) is 16.2. The van der Waals surface area contributed by atoms with Crippen LogP contribution < -0.4 is 0 Å². The molecule has 0 aromatic carbocycles. The molecule has 0 saturated heterocycles. The Hall–Kier alpha value is -2.19. The molecule has 0 N–H and O–H groups in total. The molecule has 2 aromatic rings. The van der Waals surface area contributed by atoms with E-state index in [0.29, 0.717) is 18.5 Å². The van der Waals surface area contributed by atoms with Gasteiger partial charge in [0.2, 0.25) is 0 Å². The van der Waals surface area contributed by atoms with Crippen molar-refractivity contribution in [3.05, 3.63) is 17.8 Å². The van der Waals surface area contributed by atoms with Gasteiger partial charge in [0.05, 0.1) is 5.56 Å². The van der Waals surface area contributed by atoms with Gasteiger partial charge in [0.15, 0.2) is 5.65 Å². The average Bonchev–Trinajstić information content (AvgIpc) is 3.13. The van der Waals surface area contributed by atoms with Crippen molar-refractivity contribution in [2.75, 3.05) is 6.54 Å². The van der Waals surface area contributed by atoms with E-state index in [9.17, 15) is 18.0 Å². The zero-order valence-corrected chi connectivity index (χ0v) is 12.5. The van der Waals surface area contributed by atoms with Gasteiger partial charge in [0, 0.05) is 19.3 Å². The van der Waals surface area contributed by atoms with Crippen LogP contribution >= 0.6 is 0 Å². The van der Waals surface area contributed by atoms with Gasteiger partial charge in [0.1, 0.15) is 12.1 Å². The van der Waals surface area contributed by atoms with Crippen molar-refractivity contribution >= 4 is 17.1 Å². The first-order chi connectivity index (χ1) is 10.9. The smallest absolute Gasteiger partial charge is 0.326 e. The molecule has 0 radical (unpaired) electrons. The first-order valence-corrected chi connectivity index (χ1v) is 7.39. The Balaban J connectivity index is 1.99. The lowest BCUT2D eigenvalue weighted by atomic mass is 10.1. The van der Waals surface area contributed by atoms with Crippen LogP contribution in [0.1, 0.15) is 36.0 Å². The van der Waals surface area contributed by atoms with E-state index in [1.165, 1.54) is 16.9 Å². The van der Waals surface area contributed by atoms with Crippen LogP contribution in [0.5, 0.6) is 0 Å². The quantitative estimate of drug-likeness (QED) is 0.868. The molecule has 0 bridgehead atoms. The van der Waals surface area contributed by atoms with Crippen molar-refractivity contribution in [3.8, 4) is 0 Å². The summed E-state index contributed by atoms with van der Waals surface area (Å²) in [6.45, 7) is -1.25. The number of alkyl halides is 3. The molecule has 2 heterocycles. The number of pyridine rings is 1. The van der Waals surface area contributed by atoms with Crippen LogP contribution in [-0.4, -0.2) is 49.5 Å². The Bertz CT molecular complexity index is 721. The summed E-state index contributed by atoms with van der Waals surface area (Å²) < 4.78 is 40.1. The molecule has 1 saturated carbocycles. The molecule has 0 unspecified atom stereocenters. The predicted molar refractivity (Wildman–Crippen MR) is 75.7 cm³/mol. The number of aromatic nitrogens is 4. The third-order valence-corrected chi connectivity index (χ3v) is 4.10. The fourth-order valence-corrected chi connectivity index (χ4v) is 3.04. The molecule has 1 aliphatic carbocycles. The van der Waals surface area contributed by atoms with Gasteiger partial charge in [-0.25, -0.2) is 9.67 Å². The van der Waals surface area contributed by atoms with Crippen LogP contribution in [0.25, 0.3) is 11.2 Å². The molecule has 0 spiro atoms. The second kappa shape index (κ2) is 5.78. The molecule has 3 rings (SSSR count). The fraction of sp³-hybridized carbons (Fsp3) is 0.571. The minimum absolute atomic E-state index is 0.110. The van der Waals surface area contributed by atoms with Crippen LogP contribution in [0.15, 0.2) is 12.3 Å². The minimum atomic E-state index is -4.44. The highest BCUT2D eigenvalue weighted by atomic mass is 19.4. The number of hydrogen-bond donors (Lipinski definition) is 0. The molecule has 9 heteroatoms. The summed E-state index contributed by atoms with van der Waals surface area (Å²) in [7, 11) is 1.61. The zero-order chi connectivity index (χ0) is 16.6. The van der Waals surface area contributed by atoms with Gasteiger partial charge < -0.3 is 4.90 Å². The molecule has 1 fully saturated rings. The summed E-state index contributed by atoms with van der Waals surface area (Å²) in [4.78, 5) is 17.7. The maximum atomic E-state index is 12.9. The molecule has 23 heavy (non-hydrogen) atoms. The highest BCUT2D eigenvalue weighted by molar-refractivity contribution is 6.04. The van der Waals surface area contributed by atoms with Crippen molar-refractivity contribution in [1.29, 1.82) is 0 Å². The van der Waals surface area contributed by atoms with E-state index < -0.39 is 18.6 Å². The standard InChI is InChI=1S/C14H16F3N5O/c1-21-12-11(19-20-21)10(6-7-18-12)13(23)22(8-14(15,16)17)9-4-2-3-5-9/h6-7,9H,2-5,8H2,1H3. The Kier molecular flexibility index (Phi) is 3.95. The number of nitrogens with zero attached hydrogens (tertiary/aromatic N) is 5. The third-order valence-electron chi connectivity index (χ3n) is 4.10. The molecule has 0 aliphatic heterocycles. The summed E-state index contributed by atoms with van der Waals surface area (Å²) in [6, 6.07) is 1.02. The average molecular weight is 327 g/mol. The SMILES string of the molecule is Cn1nnc2c(C(=O)N(CC(F)(F)F)C3CCCC3)ccnc21. The number of amides is 1. The number of carbonyl (C=O) groups is 1. The highest BCUT2D eigenvalue weighted by Crippen LogP contribution is 2.29. The van der Waals surface area contributed by atoms with E-state index >= 15 is 0 Å². The third kappa shape index (κ3) is 3.13. The Morgan fingerprint density at radius 2 is 2.09 bits per heavy atom. The second-order valence-electron chi connectivity index (χ2n) is 5.73.